The molecule has 0 aliphatic rings. The lowest BCUT2D eigenvalue weighted by atomic mass is 10.0. The van der Waals surface area contributed by atoms with Gasteiger partial charge in [-0.1, -0.05) is 48.5 Å². The van der Waals surface area contributed by atoms with E-state index >= 15 is 0 Å². The molecule has 0 saturated carbocycles. The molecule has 100 valence electrons. The highest BCUT2D eigenvalue weighted by Crippen LogP contribution is 2.23. The number of aromatic nitrogens is 1. The van der Waals surface area contributed by atoms with Gasteiger partial charge in [-0.15, -0.1) is 11.3 Å². The van der Waals surface area contributed by atoms with Gasteiger partial charge in [0.25, 0.3) is 0 Å². The van der Waals surface area contributed by atoms with E-state index in [1.807, 2.05) is 6.07 Å². The van der Waals surface area contributed by atoms with Crippen LogP contribution < -0.4 is 0 Å². The lowest BCUT2D eigenvalue weighted by Gasteiger charge is -2.03. The van der Waals surface area contributed by atoms with E-state index in [1.54, 1.807) is 11.3 Å². The summed E-state index contributed by atoms with van der Waals surface area (Å²) in [6, 6.07) is 17.0. The molecule has 0 amide bonds. The van der Waals surface area contributed by atoms with Crippen molar-refractivity contribution in [2.75, 3.05) is 0 Å². The molecule has 0 bridgehead atoms. The molecule has 2 aromatic carbocycles. The Morgan fingerprint density at radius 1 is 0.950 bits per heavy atom. The average Bonchev–Trinajstić information content (AvgIpc) is 2.92. The molecular formula is C18H17NS. The quantitative estimate of drug-likeness (QED) is 0.656. The number of hydrogen-bond donors (Lipinski definition) is 0. The SMILES string of the molecule is Cc1ccc(Cc2nc(-c3ccccc3)cs2)cc1C. The number of aryl methyl sites for hydroxylation is 2. The van der Waals surface area contributed by atoms with Crippen molar-refractivity contribution in [1.82, 2.24) is 4.98 Å². The van der Waals surface area contributed by atoms with Crippen molar-refractivity contribution in [3.8, 4) is 11.3 Å². The van der Waals surface area contributed by atoms with Crippen LogP contribution in [-0.4, -0.2) is 4.98 Å². The van der Waals surface area contributed by atoms with E-state index in [-0.39, 0.29) is 0 Å². The normalized spacial score (nSPS) is 10.7. The first-order valence-corrected chi connectivity index (χ1v) is 7.66. The molecule has 1 aromatic heterocycles. The molecule has 0 unspecified atom stereocenters. The smallest absolute Gasteiger partial charge is 0.0976 e. The molecule has 0 atom stereocenters. The second kappa shape index (κ2) is 5.59. The first kappa shape index (κ1) is 13.1. The fraction of sp³-hybridized carbons (Fsp3) is 0.167. The average molecular weight is 279 g/mol. The minimum atomic E-state index is 0.915. The van der Waals surface area contributed by atoms with Crippen LogP contribution in [-0.2, 0) is 6.42 Å². The van der Waals surface area contributed by atoms with E-state index in [2.05, 4.69) is 61.7 Å². The number of nitrogens with zero attached hydrogens (tertiary/aromatic N) is 1. The molecular weight excluding hydrogens is 262 g/mol. The Morgan fingerprint density at radius 2 is 1.75 bits per heavy atom. The minimum absolute atomic E-state index is 0.915. The van der Waals surface area contributed by atoms with Crippen molar-refractivity contribution >= 4 is 11.3 Å². The highest BCUT2D eigenvalue weighted by Gasteiger charge is 2.05. The third kappa shape index (κ3) is 2.81. The zero-order chi connectivity index (χ0) is 13.9. The molecule has 2 heteroatoms. The van der Waals surface area contributed by atoms with Crippen LogP contribution >= 0.6 is 11.3 Å². The van der Waals surface area contributed by atoms with Crippen molar-refractivity contribution < 1.29 is 0 Å². The first-order valence-electron chi connectivity index (χ1n) is 6.78. The maximum absolute atomic E-state index is 4.75. The van der Waals surface area contributed by atoms with Gasteiger partial charge in [0.15, 0.2) is 0 Å². The van der Waals surface area contributed by atoms with E-state index in [0.29, 0.717) is 0 Å². The summed E-state index contributed by atoms with van der Waals surface area (Å²) in [6.07, 6.45) is 0.915. The number of hydrogen-bond acceptors (Lipinski definition) is 2. The minimum Gasteiger partial charge on any atom is -0.241 e. The Labute approximate surface area is 124 Å². The molecule has 3 rings (SSSR count). The molecule has 3 aromatic rings. The summed E-state index contributed by atoms with van der Waals surface area (Å²) in [6.45, 7) is 4.31. The maximum Gasteiger partial charge on any atom is 0.0976 e. The van der Waals surface area contributed by atoms with E-state index in [4.69, 9.17) is 4.98 Å². The molecule has 0 radical (unpaired) electrons. The highest BCUT2D eigenvalue weighted by atomic mass is 32.1. The molecule has 1 nitrogen and oxygen atoms in total. The Kier molecular flexibility index (Phi) is 3.66. The van der Waals surface area contributed by atoms with Crippen LogP contribution in [0.4, 0.5) is 0 Å². The van der Waals surface area contributed by atoms with Gasteiger partial charge in [-0.3, -0.25) is 0 Å². The van der Waals surface area contributed by atoms with Crippen LogP contribution in [0, 0.1) is 13.8 Å². The monoisotopic (exact) mass is 279 g/mol. The molecule has 0 spiro atoms. The van der Waals surface area contributed by atoms with Gasteiger partial charge < -0.3 is 0 Å². The fourth-order valence-electron chi connectivity index (χ4n) is 2.22. The van der Waals surface area contributed by atoms with Crippen molar-refractivity contribution in [2.45, 2.75) is 20.3 Å². The summed E-state index contributed by atoms with van der Waals surface area (Å²) in [4.78, 5) is 4.75. The zero-order valence-corrected chi connectivity index (χ0v) is 12.6. The predicted octanol–water partition coefficient (Wildman–Crippen LogP) is 5.02. The second-order valence-electron chi connectivity index (χ2n) is 5.09. The van der Waals surface area contributed by atoms with Crippen LogP contribution in [0.25, 0.3) is 11.3 Å². The molecule has 0 fully saturated rings. The van der Waals surface area contributed by atoms with Crippen LogP contribution in [0.15, 0.2) is 53.9 Å². The fourth-order valence-corrected chi connectivity index (χ4v) is 3.06. The van der Waals surface area contributed by atoms with Crippen molar-refractivity contribution in [1.29, 1.82) is 0 Å². The van der Waals surface area contributed by atoms with Crippen LogP contribution in [0.2, 0.25) is 0 Å². The summed E-state index contributed by atoms with van der Waals surface area (Å²) < 4.78 is 0. The number of thiazole rings is 1. The molecule has 0 N–H and O–H groups in total. The van der Waals surface area contributed by atoms with Gasteiger partial charge in [0, 0.05) is 17.4 Å². The van der Waals surface area contributed by atoms with Crippen LogP contribution in [0.5, 0.6) is 0 Å². The first-order chi connectivity index (χ1) is 9.72. The third-order valence-corrected chi connectivity index (χ3v) is 4.40. The summed E-state index contributed by atoms with van der Waals surface area (Å²) in [5, 5.41) is 3.32. The Bertz CT molecular complexity index is 713. The molecule has 0 saturated heterocycles. The van der Waals surface area contributed by atoms with Crippen LogP contribution in [0.1, 0.15) is 21.7 Å². The topological polar surface area (TPSA) is 12.9 Å². The van der Waals surface area contributed by atoms with E-state index in [0.717, 1.165) is 12.1 Å². The van der Waals surface area contributed by atoms with Crippen molar-refractivity contribution in [3.63, 3.8) is 0 Å². The van der Waals surface area contributed by atoms with Gasteiger partial charge in [0.1, 0.15) is 0 Å². The van der Waals surface area contributed by atoms with Gasteiger partial charge in [-0.25, -0.2) is 4.98 Å². The Balaban J connectivity index is 1.82. The number of benzene rings is 2. The Morgan fingerprint density at radius 3 is 2.50 bits per heavy atom. The van der Waals surface area contributed by atoms with Gasteiger partial charge in [0.05, 0.1) is 10.7 Å². The molecule has 1 heterocycles. The summed E-state index contributed by atoms with van der Waals surface area (Å²) in [7, 11) is 0. The van der Waals surface area contributed by atoms with Crippen molar-refractivity contribution in [2.24, 2.45) is 0 Å². The van der Waals surface area contributed by atoms with E-state index in [1.165, 1.54) is 27.3 Å². The largest absolute Gasteiger partial charge is 0.241 e. The van der Waals surface area contributed by atoms with Crippen LogP contribution in [0.3, 0.4) is 0 Å². The number of rotatable bonds is 3. The lowest BCUT2D eigenvalue weighted by Crippen LogP contribution is -1.90. The summed E-state index contributed by atoms with van der Waals surface area (Å²) in [5.41, 5.74) is 6.30. The van der Waals surface area contributed by atoms with Crippen molar-refractivity contribution in [3.05, 3.63) is 75.6 Å². The van der Waals surface area contributed by atoms with Gasteiger partial charge in [-0.2, -0.15) is 0 Å². The van der Waals surface area contributed by atoms with E-state index in [9.17, 15) is 0 Å². The highest BCUT2D eigenvalue weighted by molar-refractivity contribution is 7.10. The lowest BCUT2D eigenvalue weighted by molar-refractivity contribution is 1.13. The zero-order valence-electron chi connectivity index (χ0n) is 11.8. The molecule has 20 heavy (non-hydrogen) atoms. The predicted molar refractivity (Wildman–Crippen MR) is 86.3 cm³/mol. The summed E-state index contributed by atoms with van der Waals surface area (Å²) >= 11 is 1.74. The standard InChI is InChI=1S/C18H17NS/c1-13-8-9-15(10-14(13)2)11-18-19-17(12-20-18)16-6-4-3-5-7-16/h3-10,12H,11H2,1-2H3. The van der Waals surface area contributed by atoms with Gasteiger partial charge in [-0.05, 0) is 30.5 Å². The Hall–Kier alpha value is -1.93. The molecule has 0 aliphatic carbocycles. The maximum atomic E-state index is 4.75. The molecule has 0 aliphatic heterocycles. The summed E-state index contributed by atoms with van der Waals surface area (Å²) in [5.74, 6) is 0. The van der Waals surface area contributed by atoms with E-state index < -0.39 is 0 Å². The van der Waals surface area contributed by atoms with Gasteiger partial charge in [0.2, 0.25) is 0 Å². The van der Waals surface area contributed by atoms with Gasteiger partial charge >= 0.3 is 0 Å². The second-order valence-corrected chi connectivity index (χ2v) is 6.03. The third-order valence-electron chi connectivity index (χ3n) is 3.55.